The Labute approximate surface area is 269 Å². The zero-order chi connectivity index (χ0) is 32.9. The van der Waals surface area contributed by atoms with Crippen LogP contribution in [0.25, 0.3) is 22.3 Å². The molecule has 1 atom stereocenters. The maximum Gasteiger partial charge on any atom is 0.335 e. The van der Waals surface area contributed by atoms with E-state index >= 15 is 8.78 Å². The van der Waals surface area contributed by atoms with Gasteiger partial charge < -0.3 is 19.1 Å². The van der Waals surface area contributed by atoms with E-state index in [1.807, 2.05) is 22.8 Å². The number of sulfonamides is 1. The number of aromatic carboxylic acids is 1. The van der Waals surface area contributed by atoms with Crippen LogP contribution < -0.4 is 4.74 Å². The lowest BCUT2D eigenvalue weighted by molar-refractivity contribution is -0.0589. The zero-order valence-electron chi connectivity index (χ0n) is 25.3. The third-order valence-corrected chi connectivity index (χ3v) is 9.75. The van der Waals surface area contributed by atoms with Gasteiger partial charge in [-0.25, -0.2) is 32.0 Å². The number of fused-ring (bicyclic) bond motifs is 2. The molecule has 13 heteroatoms. The maximum absolute atomic E-state index is 15.6. The number of carboxylic acid groups (broad SMARTS) is 1. The summed E-state index contributed by atoms with van der Waals surface area (Å²) in [6.45, 7) is 1.84. The molecule has 7 rings (SSSR count). The molecule has 1 saturated heterocycles. The first-order valence-corrected chi connectivity index (χ1v) is 16.8. The van der Waals surface area contributed by atoms with E-state index in [0.717, 1.165) is 35.2 Å². The quantitative estimate of drug-likeness (QED) is 0.214. The van der Waals surface area contributed by atoms with Crippen molar-refractivity contribution in [3.05, 3.63) is 112 Å². The second-order valence-electron chi connectivity index (χ2n) is 11.8. The van der Waals surface area contributed by atoms with Gasteiger partial charge in [-0.3, -0.25) is 0 Å². The van der Waals surface area contributed by atoms with E-state index < -0.39 is 27.6 Å². The summed E-state index contributed by atoms with van der Waals surface area (Å²) in [7, 11) is -3.30. The largest absolute Gasteiger partial charge is 0.478 e. The molecule has 1 fully saturated rings. The molecule has 0 amide bonds. The molecule has 242 valence electrons. The molecule has 0 radical (unpaired) electrons. The fourth-order valence-electron chi connectivity index (χ4n) is 5.91. The number of rotatable bonds is 10. The Morgan fingerprint density at radius 2 is 1.83 bits per heavy atom. The Kier molecular flexibility index (Phi) is 7.98. The minimum atomic E-state index is -3.30. The molecule has 2 aromatic heterocycles. The van der Waals surface area contributed by atoms with Crippen LogP contribution in [-0.4, -0.2) is 57.3 Å². The van der Waals surface area contributed by atoms with Crippen molar-refractivity contribution in [1.82, 2.24) is 18.8 Å². The highest BCUT2D eigenvalue weighted by atomic mass is 32.2. The van der Waals surface area contributed by atoms with Gasteiger partial charge in [0.05, 0.1) is 41.2 Å². The zero-order valence-corrected chi connectivity index (χ0v) is 26.1. The summed E-state index contributed by atoms with van der Waals surface area (Å²) in [6.07, 6.45) is 1.93. The third kappa shape index (κ3) is 6.33. The van der Waals surface area contributed by atoms with Gasteiger partial charge in [0, 0.05) is 37.7 Å². The SMILES string of the molecule is CS(=O)(=O)N1Cc2ccc(COc3cccc(-c4cc(F)c(Cc5nc6ccc(C(=O)O)cc6n5C[C@@H]5CCO5)cc4F)n3)cc2C1. The molecule has 0 bridgehead atoms. The summed E-state index contributed by atoms with van der Waals surface area (Å²) < 4.78 is 69.7. The van der Waals surface area contributed by atoms with E-state index in [4.69, 9.17) is 9.47 Å². The Hall–Kier alpha value is -4.72. The molecule has 47 heavy (non-hydrogen) atoms. The number of nitrogens with zero attached hydrogens (tertiary/aromatic N) is 4. The standard InChI is InChI=1S/C34H30F2N4O6S/c1-47(43,44)39-16-22-6-5-20(11-24(22)17-39)19-46-33-4-2-3-29(38-33)26-15-27(35)23(12-28(26)36)14-32-37-30-8-7-21(34(41)42)13-31(30)40(32)18-25-9-10-45-25/h2-8,11-13,15,25H,9-10,14,16-19H2,1H3,(H,41,42)/t25-/m0/s1. The number of hydrogen-bond donors (Lipinski definition) is 1. The van der Waals surface area contributed by atoms with Crippen LogP contribution in [0.1, 0.15) is 44.9 Å². The van der Waals surface area contributed by atoms with Crippen molar-refractivity contribution in [3.8, 4) is 17.1 Å². The lowest BCUT2D eigenvalue weighted by Gasteiger charge is -2.27. The number of pyridine rings is 1. The Morgan fingerprint density at radius 3 is 2.57 bits per heavy atom. The molecule has 0 saturated carbocycles. The average Bonchev–Trinajstić information content (AvgIpc) is 3.60. The third-order valence-electron chi connectivity index (χ3n) is 8.56. The lowest BCUT2D eigenvalue weighted by atomic mass is 10.0. The monoisotopic (exact) mass is 660 g/mol. The fraction of sp³-hybridized carbons (Fsp3) is 0.265. The second-order valence-corrected chi connectivity index (χ2v) is 13.8. The molecule has 1 N–H and O–H groups in total. The maximum atomic E-state index is 15.6. The lowest BCUT2D eigenvalue weighted by Crippen LogP contribution is -2.31. The number of carboxylic acids is 1. The van der Waals surface area contributed by atoms with Crippen LogP contribution in [0, 0.1) is 11.6 Å². The Balaban J connectivity index is 1.10. The van der Waals surface area contributed by atoms with E-state index in [1.54, 1.807) is 24.3 Å². The van der Waals surface area contributed by atoms with Gasteiger partial charge in [0.15, 0.2) is 0 Å². The molecular formula is C34H30F2N4O6S. The van der Waals surface area contributed by atoms with Crippen LogP contribution >= 0.6 is 0 Å². The number of carbonyl (C=O) groups is 1. The second kappa shape index (κ2) is 12.1. The minimum absolute atomic E-state index is 0.0217. The Morgan fingerprint density at radius 1 is 1.02 bits per heavy atom. The molecule has 3 aromatic carbocycles. The van der Waals surface area contributed by atoms with E-state index in [1.165, 1.54) is 22.7 Å². The summed E-state index contributed by atoms with van der Waals surface area (Å²) in [5.74, 6) is -1.69. The van der Waals surface area contributed by atoms with Crippen LogP contribution in [0.2, 0.25) is 0 Å². The number of ether oxygens (including phenoxy) is 2. The first-order valence-electron chi connectivity index (χ1n) is 15.0. The van der Waals surface area contributed by atoms with Crippen LogP contribution in [0.3, 0.4) is 0 Å². The first-order chi connectivity index (χ1) is 22.5. The van der Waals surface area contributed by atoms with Gasteiger partial charge >= 0.3 is 5.97 Å². The molecular weight excluding hydrogens is 630 g/mol. The number of aromatic nitrogens is 3. The molecule has 10 nitrogen and oxygen atoms in total. The molecule has 5 aromatic rings. The van der Waals surface area contributed by atoms with Crippen molar-refractivity contribution < 1.29 is 36.6 Å². The fourth-order valence-corrected chi connectivity index (χ4v) is 6.66. The van der Waals surface area contributed by atoms with E-state index in [-0.39, 0.29) is 47.4 Å². The van der Waals surface area contributed by atoms with Crippen molar-refractivity contribution in [3.63, 3.8) is 0 Å². The molecule has 2 aliphatic heterocycles. The van der Waals surface area contributed by atoms with Gasteiger partial charge in [0.1, 0.15) is 24.1 Å². The van der Waals surface area contributed by atoms with E-state index in [2.05, 4.69) is 9.97 Å². The van der Waals surface area contributed by atoms with Crippen LogP contribution in [0.4, 0.5) is 8.78 Å². The number of imidazole rings is 1. The highest BCUT2D eigenvalue weighted by molar-refractivity contribution is 7.88. The number of benzene rings is 3. The summed E-state index contributed by atoms with van der Waals surface area (Å²) in [4.78, 5) is 20.6. The van der Waals surface area contributed by atoms with Crippen molar-refractivity contribution in [2.45, 2.75) is 45.2 Å². The Bertz CT molecular complexity index is 2150. The highest BCUT2D eigenvalue weighted by Gasteiger charge is 2.26. The summed E-state index contributed by atoms with van der Waals surface area (Å²) in [6, 6.07) is 17.3. The van der Waals surface area contributed by atoms with Gasteiger partial charge in [-0.15, -0.1) is 0 Å². The molecule has 4 heterocycles. The topological polar surface area (TPSA) is 124 Å². The van der Waals surface area contributed by atoms with Crippen LogP contribution in [0.15, 0.2) is 66.7 Å². The highest BCUT2D eigenvalue weighted by Crippen LogP contribution is 2.30. The summed E-state index contributed by atoms with van der Waals surface area (Å²) in [5.41, 5.74) is 4.18. The van der Waals surface area contributed by atoms with Crippen molar-refractivity contribution >= 4 is 27.0 Å². The van der Waals surface area contributed by atoms with E-state index in [0.29, 0.717) is 43.1 Å². The first kappa shape index (κ1) is 30.9. The molecule has 0 unspecified atom stereocenters. The summed E-state index contributed by atoms with van der Waals surface area (Å²) >= 11 is 0. The summed E-state index contributed by atoms with van der Waals surface area (Å²) in [5, 5.41) is 9.49. The van der Waals surface area contributed by atoms with Gasteiger partial charge in [-0.05, 0) is 65.1 Å². The van der Waals surface area contributed by atoms with Crippen molar-refractivity contribution in [2.24, 2.45) is 0 Å². The van der Waals surface area contributed by atoms with Crippen molar-refractivity contribution in [2.75, 3.05) is 12.9 Å². The molecule has 0 aliphatic carbocycles. The predicted octanol–water partition coefficient (Wildman–Crippen LogP) is 5.31. The molecule has 0 spiro atoms. The predicted molar refractivity (Wildman–Crippen MR) is 168 cm³/mol. The smallest absolute Gasteiger partial charge is 0.335 e. The van der Waals surface area contributed by atoms with Crippen molar-refractivity contribution in [1.29, 1.82) is 0 Å². The molecule has 2 aliphatic rings. The minimum Gasteiger partial charge on any atom is -0.478 e. The van der Waals surface area contributed by atoms with Crippen LogP contribution in [-0.2, 0) is 47.4 Å². The van der Waals surface area contributed by atoms with Crippen LogP contribution in [0.5, 0.6) is 5.88 Å². The van der Waals surface area contributed by atoms with Gasteiger partial charge in [0.25, 0.3) is 0 Å². The van der Waals surface area contributed by atoms with Gasteiger partial charge in [-0.2, -0.15) is 4.31 Å². The normalized spacial score (nSPS) is 16.3. The van der Waals surface area contributed by atoms with Gasteiger partial charge in [0.2, 0.25) is 15.9 Å². The number of hydrogen-bond acceptors (Lipinski definition) is 7. The average molecular weight is 661 g/mol. The number of halogens is 2. The van der Waals surface area contributed by atoms with Gasteiger partial charge in [-0.1, -0.05) is 24.3 Å². The van der Waals surface area contributed by atoms with E-state index in [9.17, 15) is 18.3 Å².